The average Bonchev–Trinajstić information content (AvgIpc) is 2.79. The molecule has 7 heteroatoms. The molecule has 3 aromatic rings. The van der Waals surface area contributed by atoms with E-state index in [4.69, 9.17) is 14.2 Å². The second kappa shape index (κ2) is 9.77. The van der Waals surface area contributed by atoms with Crippen LogP contribution in [0.4, 0.5) is 11.4 Å². The van der Waals surface area contributed by atoms with Crippen molar-refractivity contribution >= 4 is 23.2 Å². The number of hydrogen-bond donors (Lipinski definition) is 2. The molecule has 0 saturated carbocycles. The van der Waals surface area contributed by atoms with Crippen LogP contribution in [0.1, 0.15) is 20.7 Å². The molecule has 0 aliphatic carbocycles. The summed E-state index contributed by atoms with van der Waals surface area (Å²) in [5.74, 6) is 0.397. The Morgan fingerprint density at radius 3 is 1.42 bits per heavy atom. The van der Waals surface area contributed by atoms with E-state index in [1.807, 2.05) is 12.1 Å². The van der Waals surface area contributed by atoms with Crippen molar-refractivity contribution in [2.24, 2.45) is 0 Å². The second-order valence-electron chi connectivity index (χ2n) is 6.79. The monoisotopic (exact) mass is 418 g/mol. The molecule has 31 heavy (non-hydrogen) atoms. The zero-order valence-corrected chi connectivity index (χ0v) is 16.8. The number of ether oxygens (including phenoxy) is 3. The van der Waals surface area contributed by atoms with E-state index in [2.05, 4.69) is 10.6 Å². The number of para-hydroxylation sites is 2. The Morgan fingerprint density at radius 1 is 0.548 bits per heavy atom. The van der Waals surface area contributed by atoms with Crippen molar-refractivity contribution in [3.63, 3.8) is 0 Å². The van der Waals surface area contributed by atoms with Crippen LogP contribution in [0.15, 0.2) is 72.8 Å². The molecule has 0 saturated heterocycles. The highest BCUT2D eigenvalue weighted by Gasteiger charge is 2.15. The summed E-state index contributed by atoms with van der Waals surface area (Å²) in [5.41, 5.74) is 2.05. The van der Waals surface area contributed by atoms with Gasteiger partial charge in [-0.25, -0.2) is 0 Å². The first-order chi connectivity index (χ1) is 15.2. The average molecular weight is 418 g/mol. The van der Waals surface area contributed by atoms with Crippen LogP contribution in [0.3, 0.4) is 0 Å². The molecule has 2 N–H and O–H groups in total. The number of amides is 2. The summed E-state index contributed by atoms with van der Waals surface area (Å²) in [4.78, 5) is 25.4. The first-order valence-corrected chi connectivity index (χ1v) is 9.95. The van der Waals surface area contributed by atoms with Gasteiger partial charge in [-0.15, -0.1) is 0 Å². The third-order valence-electron chi connectivity index (χ3n) is 4.63. The van der Waals surface area contributed by atoms with E-state index < -0.39 is 0 Å². The molecule has 2 amide bonds. The standard InChI is InChI=1S/C24H22N2O5/c27-23-19-5-1-3-7-21(19)30-15-13-29-14-16-31-22-8-4-2-6-20(22)24(28)26-18-11-9-17(25-23)10-12-18/h1-12H,13-16H2,(H,25,27)(H,26,28). The fourth-order valence-electron chi connectivity index (χ4n) is 3.12. The highest BCUT2D eigenvalue weighted by atomic mass is 16.5. The van der Waals surface area contributed by atoms with Gasteiger partial charge in [-0.1, -0.05) is 24.3 Å². The smallest absolute Gasteiger partial charge is 0.259 e. The summed E-state index contributed by atoms with van der Waals surface area (Å²) in [6, 6.07) is 21.0. The van der Waals surface area contributed by atoms with Gasteiger partial charge >= 0.3 is 0 Å². The molecule has 2 aliphatic heterocycles. The molecular formula is C24H22N2O5. The maximum absolute atomic E-state index is 12.7. The summed E-state index contributed by atoms with van der Waals surface area (Å²) in [5, 5.41) is 5.70. The van der Waals surface area contributed by atoms with Gasteiger partial charge in [0.2, 0.25) is 0 Å². The van der Waals surface area contributed by atoms with Gasteiger partial charge in [-0.3, -0.25) is 9.59 Å². The van der Waals surface area contributed by atoms with E-state index in [0.717, 1.165) is 0 Å². The molecule has 0 fully saturated rings. The maximum Gasteiger partial charge on any atom is 0.259 e. The second-order valence-corrected chi connectivity index (χ2v) is 6.79. The van der Waals surface area contributed by atoms with Crippen molar-refractivity contribution in [1.82, 2.24) is 0 Å². The lowest BCUT2D eigenvalue weighted by Gasteiger charge is -2.12. The maximum atomic E-state index is 12.7. The fraction of sp³-hybridized carbons (Fsp3) is 0.167. The largest absolute Gasteiger partial charge is 0.490 e. The van der Waals surface area contributed by atoms with Crippen LogP contribution in [0, 0.1) is 0 Å². The van der Waals surface area contributed by atoms with Crippen molar-refractivity contribution in [3.05, 3.63) is 83.9 Å². The number of hydrogen-bond acceptors (Lipinski definition) is 5. The van der Waals surface area contributed by atoms with Crippen LogP contribution in [-0.4, -0.2) is 38.2 Å². The van der Waals surface area contributed by atoms with Crippen LogP contribution < -0.4 is 20.1 Å². The minimum atomic E-state index is -0.284. The minimum absolute atomic E-state index is 0.284. The SMILES string of the molecule is O=C1Nc2ccc(cc2)NC(=O)c2ccccc2OCCOCCOc2ccccc21. The number of carbonyl (C=O) groups excluding carboxylic acids is 2. The van der Waals surface area contributed by atoms with Gasteiger partial charge in [0.1, 0.15) is 24.7 Å². The molecule has 158 valence electrons. The molecule has 2 heterocycles. The van der Waals surface area contributed by atoms with Crippen molar-refractivity contribution in [2.45, 2.75) is 0 Å². The van der Waals surface area contributed by atoms with E-state index in [9.17, 15) is 9.59 Å². The lowest BCUT2D eigenvalue weighted by Crippen LogP contribution is -2.16. The van der Waals surface area contributed by atoms with Gasteiger partial charge in [-0.2, -0.15) is 0 Å². The lowest BCUT2D eigenvalue weighted by atomic mass is 10.1. The summed E-state index contributed by atoms with van der Waals surface area (Å²) in [7, 11) is 0. The Labute approximate surface area is 179 Å². The predicted octanol–water partition coefficient (Wildman–Crippen LogP) is 3.98. The van der Waals surface area contributed by atoms with Crippen molar-refractivity contribution in [3.8, 4) is 11.5 Å². The highest BCUT2D eigenvalue weighted by molar-refractivity contribution is 6.07. The molecule has 0 spiro atoms. The molecule has 0 radical (unpaired) electrons. The van der Waals surface area contributed by atoms with Crippen LogP contribution in [0.25, 0.3) is 0 Å². The summed E-state index contributed by atoms with van der Waals surface area (Å²) < 4.78 is 17.0. The van der Waals surface area contributed by atoms with E-state index in [1.54, 1.807) is 60.7 Å². The third kappa shape index (κ3) is 5.21. The number of rotatable bonds is 0. The van der Waals surface area contributed by atoms with Crippen molar-refractivity contribution in [1.29, 1.82) is 0 Å². The topological polar surface area (TPSA) is 85.9 Å². The molecule has 0 aromatic heterocycles. The highest BCUT2D eigenvalue weighted by Crippen LogP contribution is 2.23. The molecule has 2 aliphatic rings. The Balaban J connectivity index is 1.58. The molecule has 0 unspecified atom stereocenters. The third-order valence-corrected chi connectivity index (χ3v) is 4.63. The lowest BCUT2D eigenvalue weighted by molar-refractivity contribution is 0.0754. The van der Waals surface area contributed by atoms with Crippen LogP contribution in [-0.2, 0) is 4.74 Å². The van der Waals surface area contributed by atoms with Crippen LogP contribution >= 0.6 is 0 Å². The quantitative estimate of drug-likeness (QED) is 0.540. The minimum Gasteiger partial charge on any atom is -0.490 e. The molecule has 3 aromatic carbocycles. The first-order valence-electron chi connectivity index (χ1n) is 9.95. The Bertz CT molecular complexity index is 981. The van der Waals surface area contributed by atoms with E-state index in [-0.39, 0.29) is 25.0 Å². The molecule has 0 atom stereocenters. The number of fused-ring (bicyclic) bond motifs is 10. The van der Waals surface area contributed by atoms with Gasteiger partial charge in [-0.05, 0) is 48.5 Å². The first kappa shape index (κ1) is 20.4. The van der Waals surface area contributed by atoms with Crippen molar-refractivity contribution < 1.29 is 23.8 Å². The number of carbonyl (C=O) groups is 2. The number of nitrogens with one attached hydrogen (secondary N) is 2. The van der Waals surface area contributed by atoms with Crippen LogP contribution in [0.2, 0.25) is 0 Å². The van der Waals surface area contributed by atoms with Gasteiger partial charge < -0.3 is 24.8 Å². The molecular weight excluding hydrogens is 396 g/mol. The van der Waals surface area contributed by atoms with Crippen molar-refractivity contribution in [2.75, 3.05) is 37.1 Å². The van der Waals surface area contributed by atoms with Gasteiger partial charge in [0.05, 0.1) is 24.3 Å². The Kier molecular flexibility index (Phi) is 6.44. The molecule has 5 rings (SSSR count). The predicted molar refractivity (Wildman–Crippen MR) is 117 cm³/mol. The van der Waals surface area contributed by atoms with Gasteiger partial charge in [0.15, 0.2) is 0 Å². The Hall–Kier alpha value is -3.84. The normalized spacial score (nSPS) is 15.0. The van der Waals surface area contributed by atoms with Gasteiger partial charge in [0.25, 0.3) is 11.8 Å². The fourth-order valence-corrected chi connectivity index (χ4v) is 3.12. The molecule has 7 nitrogen and oxygen atoms in total. The Morgan fingerprint density at radius 2 is 0.968 bits per heavy atom. The number of anilines is 2. The summed E-state index contributed by atoms with van der Waals surface area (Å²) >= 11 is 0. The summed E-state index contributed by atoms with van der Waals surface area (Å²) in [6.07, 6.45) is 0. The number of benzene rings is 3. The zero-order valence-electron chi connectivity index (χ0n) is 16.8. The van der Waals surface area contributed by atoms with E-state index in [1.165, 1.54) is 0 Å². The van der Waals surface area contributed by atoms with Crippen LogP contribution in [0.5, 0.6) is 11.5 Å². The molecule has 2 bridgehead atoms. The van der Waals surface area contributed by atoms with E-state index in [0.29, 0.717) is 47.2 Å². The van der Waals surface area contributed by atoms with Gasteiger partial charge in [0, 0.05) is 11.4 Å². The summed E-state index contributed by atoms with van der Waals surface area (Å²) in [6.45, 7) is 1.25. The zero-order chi connectivity index (χ0) is 21.5. The van der Waals surface area contributed by atoms with E-state index >= 15 is 0 Å².